The number of hydrogen-bond acceptors (Lipinski definition) is 3. The van der Waals surface area contributed by atoms with Crippen LogP contribution in [0.1, 0.15) is 31.2 Å². The molecule has 19 heavy (non-hydrogen) atoms. The molecule has 0 spiro atoms. The second-order valence-corrected chi connectivity index (χ2v) is 5.12. The van der Waals surface area contributed by atoms with Gasteiger partial charge in [0.25, 0.3) is 0 Å². The van der Waals surface area contributed by atoms with E-state index in [9.17, 15) is 9.90 Å². The van der Waals surface area contributed by atoms with E-state index in [0.29, 0.717) is 19.0 Å². The number of phenols is 1. The molecule has 2 rings (SSSR count). The Labute approximate surface area is 114 Å². The maximum Gasteiger partial charge on any atom is 0.221 e. The summed E-state index contributed by atoms with van der Waals surface area (Å²) in [5.74, 6) is 0.398. The average molecular weight is 262 g/mol. The van der Waals surface area contributed by atoms with E-state index >= 15 is 0 Å². The largest absolute Gasteiger partial charge is 0.508 e. The monoisotopic (exact) mass is 262 g/mol. The van der Waals surface area contributed by atoms with Crippen molar-refractivity contribution in [3.8, 4) is 5.75 Å². The number of aromatic hydroxyl groups is 1. The van der Waals surface area contributed by atoms with E-state index in [-0.39, 0.29) is 11.7 Å². The smallest absolute Gasteiger partial charge is 0.221 e. The summed E-state index contributed by atoms with van der Waals surface area (Å²) in [4.78, 5) is 11.8. The van der Waals surface area contributed by atoms with Crippen molar-refractivity contribution in [2.24, 2.45) is 0 Å². The van der Waals surface area contributed by atoms with Crippen molar-refractivity contribution in [3.63, 3.8) is 0 Å². The Morgan fingerprint density at radius 1 is 1.32 bits per heavy atom. The van der Waals surface area contributed by atoms with Crippen molar-refractivity contribution in [1.29, 1.82) is 0 Å². The molecule has 1 fully saturated rings. The van der Waals surface area contributed by atoms with Gasteiger partial charge in [0, 0.05) is 19.0 Å². The van der Waals surface area contributed by atoms with E-state index in [1.165, 1.54) is 12.8 Å². The fourth-order valence-electron chi connectivity index (χ4n) is 2.40. The Kier molecular flexibility index (Phi) is 5.21. The molecule has 1 aliphatic heterocycles. The summed E-state index contributed by atoms with van der Waals surface area (Å²) in [6.45, 7) is 1.68. The molecule has 0 saturated carbocycles. The molecule has 4 nitrogen and oxygen atoms in total. The number of amides is 1. The fourth-order valence-corrected chi connectivity index (χ4v) is 2.40. The zero-order valence-electron chi connectivity index (χ0n) is 11.2. The highest BCUT2D eigenvalue weighted by molar-refractivity contribution is 5.76. The summed E-state index contributed by atoms with van der Waals surface area (Å²) in [6, 6.07) is 7.45. The minimum absolute atomic E-state index is 0.123. The normalized spacial score (nSPS) is 19.1. The Bertz CT molecular complexity index is 397. The van der Waals surface area contributed by atoms with Crippen LogP contribution in [0.3, 0.4) is 0 Å². The van der Waals surface area contributed by atoms with Gasteiger partial charge in [0.05, 0.1) is 0 Å². The molecule has 0 bridgehead atoms. The second-order valence-electron chi connectivity index (χ2n) is 5.12. The third-order valence-corrected chi connectivity index (χ3v) is 3.52. The molecule has 1 amide bonds. The highest BCUT2D eigenvalue weighted by atomic mass is 16.3. The molecule has 4 heteroatoms. The van der Waals surface area contributed by atoms with Crippen molar-refractivity contribution in [3.05, 3.63) is 29.8 Å². The Hall–Kier alpha value is -1.55. The minimum atomic E-state index is 0.123. The minimum Gasteiger partial charge on any atom is -0.508 e. The highest BCUT2D eigenvalue weighted by Crippen LogP contribution is 2.11. The number of carbonyl (C=O) groups is 1. The molecule has 1 saturated heterocycles. The van der Waals surface area contributed by atoms with Crippen molar-refractivity contribution in [1.82, 2.24) is 10.6 Å². The van der Waals surface area contributed by atoms with Crippen LogP contribution in [0.5, 0.6) is 5.75 Å². The number of piperidine rings is 1. The first kappa shape index (κ1) is 13.9. The summed E-state index contributed by atoms with van der Waals surface area (Å²) in [6.07, 6.45) is 4.92. The number of nitrogens with one attached hydrogen (secondary N) is 2. The first-order chi connectivity index (χ1) is 9.24. The molecule has 1 heterocycles. The molecule has 1 unspecified atom stereocenters. The molecule has 0 radical (unpaired) electrons. The SMILES string of the molecule is O=C(CC1CCCCN1)NCCc1ccc(O)cc1. The van der Waals surface area contributed by atoms with Crippen LogP contribution < -0.4 is 10.6 Å². The maximum atomic E-state index is 11.8. The van der Waals surface area contributed by atoms with E-state index in [1.807, 2.05) is 12.1 Å². The van der Waals surface area contributed by atoms with E-state index in [0.717, 1.165) is 24.9 Å². The van der Waals surface area contributed by atoms with E-state index < -0.39 is 0 Å². The van der Waals surface area contributed by atoms with E-state index in [1.54, 1.807) is 12.1 Å². The van der Waals surface area contributed by atoms with Crippen LogP contribution in [0.4, 0.5) is 0 Å². The summed E-state index contributed by atoms with van der Waals surface area (Å²) >= 11 is 0. The molecule has 104 valence electrons. The number of phenolic OH excluding ortho intramolecular Hbond substituents is 1. The lowest BCUT2D eigenvalue weighted by atomic mass is 10.0. The summed E-state index contributed by atoms with van der Waals surface area (Å²) < 4.78 is 0. The zero-order chi connectivity index (χ0) is 13.5. The Morgan fingerprint density at radius 2 is 2.11 bits per heavy atom. The van der Waals surface area contributed by atoms with Gasteiger partial charge >= 0.3 is 0 Å². The molecule has 0 aromatic heterocycles. The number of benzene rings is 1. The van der Waals surface area contributed by atoms with Crippen LogP contribution in [0, 0.1) is 0 Å². The van der Waals surface area contributed by atoms with Gasteiger partial charge in [0.2, 0.25) is 5.91 Å². The highest BCUT2D eigenvalue weighted by Gasteiger charge is 2.15. The number of rotatable bonds is 5. The Morgan fingerprint density at radius 3 is 2.79 bits per heavy atom. The van der Waals surface area contributed by atoms with Gasteiger partial charge in [-0.2, -0.15) is 0 Å². The quantitative estimate of drug-likeness (QED) is 0.755. The third-order valence-electron chi connectivity index (χ3n) is 3.52. The maximum absolute atomic E-state index is 11.8. The van der Waals surface area contributed by atoms with Crippen LogP contribution in [-0.4, -0.2) is 30.1 Å². The Balaban J connectivity index is 1.64. The summed E-state index contributed by atoms with van der Waals surface area (Å²) in [7, 11) is 0. The summed E-state index contributed by atoms with van der Waals surface area (Å²) in [5.41, 5.74) is 1.12. The van der Waals surface area contributed by atoms with Gasteiger partial charge in [0.1, 0.15) is 5.75 Å². The zero-order valence-corrected chi connectivity index (χ0v) is 11.2. The van der Waals surface area contributed by atoms with Gasteiger partial charge in [-0.1, -0.05) is 18.6 Å². The molecule has 1 aromatic carbocycles. The van der Waals surface area contributed by atoms with Crippen molar-refractivity contribution >= 4 is 5.91 Å². The van der Waals surface area contributed by atoms with Crippen LogP contribution in [0.2, 0.25) is 0 Å². The summed E-state index contributed by atoms with van der Waals surface area (Å²) in [5, 5.41) is 15.5. The molecule has 1 atom stereocenters. The second kappa shape index (κ2) is 7.14. The first-order valence-electron chi connectivity index (χ1n) is 7.02. The molecule has 1 aliphatic rings. The first-order valence-corrected chi connectivity index (χ1v) is 7.02. The van der Waals surface area contributed by atoms with Crippen molar-refractivity contribution in [2.45, 2.75) is 38.1 Å². The van der Waals surface area contributed by atoms with Crippen LogP contribution in [-0.2, 0) is 11.2 Å². The topological polar surface area (TPSA) is 61.4 Å². The standard InChI is InChI=1S/C15H22N2O2/c18-14-6-4-12(5-7-14)8-10-17-15(19)11-13-3-1-2-9-16-13/h4-7,13,16,18H,1-3,8-11H2,(H,17,19). The third kappa shape index (κ3) is 4.91. The van der Waals surface area contributed by atoms with E-state index in [4.69, 9.17) is 0 Å². The lowest BCUT2D eigenvalue weighted by molar-refractivity contribution is -0.121. The fraction of sp³-hybridized carbons (Fsp3) is 0.533. The molecule has 3 N–H and O–H groups in total. The number of carbonyl (C=O) groups excluding carboxylic acids is 1. The number of hydrogen-bond donors (Lipinski definition) is 3. The van der Waals surface area contributed by atoms with Gasteiger partial charge in [-0.3, -0.25) is 4.79 Å². The molecular weight excluding hydrogens is 240 g/mol. The van der Waals surface area contributed by atoms with Gasteiger partial charge < -0.3 is 15.7 Å². The predicted octanol–water partition coefficient (Wildman–Crippen LogP) is 1.58. The lowest BCUT2D eigenvalue weighted by Crippen LogP contribution is -2.39. The van der Waals surface area contributed by atoms with Crippen LogP contribution >= 0.6 is 0 Å². The van der Waals surface area contributed by atoms with Crippen molar-refractivity contribution < 1.29 is 9.90 Å². The van der Waals surface area contributed by atoms with Gasteiger partial charge in [-0.25, -0.2) is 0 Å². The molecule has 0 aliphatic carbocycles. The van der Waals surface area contributed by atoms with Gasteiger partial charge in [-0.05, 0) is 43.5 Å². The van der Waals surface area contributed by atoms with Crippen LogP contribution in [0.25, 0.3) is 0 Å². The van der Waals surface area contributed by atoms with Crippen molar-refractivity contribution in [2.75, 3.05) is 13.1 Å². The van der Waals surface area contributed by atoms with Crippen LogP contribution in [0.15, 0.2) is 24.3 Å². The molecule has 1 aromatic rings. The van der Waals surface area contributed by atoms with Gasteiger partial charge in [0.15, 0.2) is 0 Å². The van der Waals surface area contributed by atoms with Gasteiger partial charge in [-0.15, -0.1) is 0 Å². The predicted molar refractivity (Wildman–Crippen MR) is 75.1 cm³/mol. The van der Waals surface area contributed by atoms with E-state index in [2.05, 4.69) is 10.6 Å². The average Bonchev–Trinajstić information content (AvgIpc) is 2.42. The lowest BCUT2D eigenvalue weighted by Gasteiger charge is -2.22. The molecular formula is C15H22N2O2.